The number of fused-ring (bicyclic) bond motifs is 1. The highest BCUT2D eigenvalue weighted by Gasteiger charge is 2.27. The van der Waals surface area contributed by atoms with Crippen molar-refractivity contribution in [2.45, 2.75) is 20.8 Å². The lowest BCUT2D eigenvalue weighted by Crippen LogP contribution is -2.49. The molecular weight excluding hydrogens is 352 g/mol. The van der Waals surface area contributed by atoms with E-state index in [1.54, 1.807) is 7.11 Å². The molecule has 28 heavy (non-hydrogen) atoms. The molecule has 1 fully saturated rings. The number of carbonyl (C=O) groups is 1. The summed E-state index contributed by atoms with van der Waals surface area (Å²) in [5.41, 5.74) is 5.90. The van der Waals surface area contributed by atoms with Crippen molar-refractivity contribution in [1.82, 2.24) is 14.3 Å². The summed E-state index contributed by atoms with van der Waals surface area (Å²) in [6.45, 7) is 9.24. The molecule has 146 valence electrons. The molecule has 1 aromatic carbocycles. The standard InChI is InChI=1S/C22H26N4O2/c1-15-7-5-8-18(16(15)2)24-11-13-25(14-12-24)22(27)20-17(3)23-21-19(28-4)9-6-10-26(20)21/h5-10H,11-14H2,1-4H3. The first kappa shape index (κ1) is 18.3. The topological polar surface area (TPSA) is 50.1 Å². The van der Waals surface area contributed by atoms with E-state index in [4.69, 9.17) is 4.74 Å². The highest BCUT2D eigenvalue weighted by atomic mass is 16.5. The number of carbonyl (C=O) groups excluding carboxylic acids is 1. The van der Waals surface area contributed by atoms with E-state index in [1.807, 2.05) is 34.6 Å². The zero-order chi connectivity index (χ0) is 19.8. The number of nitrogens with zero attached hydrogens (tertiary/aromatic N) is 4. The minimum atomic E-state index is 0.0267. The number of rotatable bonds is 3. The Morgan fingerprint density at radius 1 is 1.04 bits per heavy atom. The van der Waals surface area contributed by atoms with Crippen molar-refractivity contribution in [2.24, 2.45) is 0 Å². The van der Waals surface area contributed by atoms with Gasteiger partial charge < -0.3 is 14.5 Å². The third-order valence-corrected chi connectivity index (χ3v) is 5.69. The van der Waals surface area contributed by atoms with Crippen LogP contribution >= 0.6 is 0 Å². The van der Waals surface area contributed by atoms with Gasteiger partial charge in [0, 0.05) is 38.1 Å². The van der Waals surface area contributed by atoms with E-state index in [1.165, 1.54) is 16.8 Å². The number of aryl methyl sites for hydroxylation is 2. The molecule has 6 nitrogen and oxygen atoms in total. The summed E-state index contributed by atoms with van der Waals surface area (Å²) in [5.74, 6) is 0.697. The molecule has 4 rings (SSSR count). The van der Waals surface area contributed by atoms with Crippen molar-refractivity contribution >= 4 is 17.2 Å². The van der Waals surface area contributed by atoms with E-state index in [2.05, 4.69) is 41.9 Å². The summed E-state index contributed by atoms with van der Waals surface area (Å²) >= 11 is 0. The van der Waals surface area contributed by atoms with Gasteiger partial charge in [-0.25, -0.2) is 4.98 Å². The maximum Gasteiger partial charge on any atom is 0.272 e. The minimum absolute atomic E-state index is 0.0267. The minimum Gasteiger partial charge on any atom is -0.493 e. The molecule has 3 aromatic rings. The fourth-order valence-electron chi connectivity index (χ4n) is 3.95. The molecule has 1 aliphatic heterocycles. The summed E-state index contributed by atoms with van der Waals surface area (Å²) < 4.78 is 7.23. The van der Waals surface area contributed by atoms with Crippen molar-refractivity contribution < 1.29 is 9.53 Å². The molecule has 1 amide bonds. The number of aromatic nitrogens is 2. The van der Waals surface area contributed by atoms with Crippen LogP contribution in [0.2, 0.25) is 0 Å². The number of anilines is 1. The zero-order valence-corrected chi connectivity index (χ0v) is 16.9. The summed E-state index contributed by atoms with van der Waals surface area (Å²) in [5, 5.41) is 0. The third kappa shape index (κ3) is 2.99. The van der Waals surface area contributed by atoms with Crippen molar-refractivity contribution in [3.05, 3.63) is 59.0 Å². The third-order valence-electron chi connectivity index (χ3n) is 5.69. The van der Waals surface area contributed by atoms with Crippen LogP contribution in [0.15, 0.2) is 36.5 Å². The number of methoxy groups -OCH3 is 1. The maximum absolute atomic E-state index is 13.3. The van der Waals surface area contributed by atoms with E-state index in [-0.39, 0.29) is 5.91 Å². The largest absolute Gasteiger partial charge is 0.493 e. The molecule has 3 heterocycles. The average Bonchev–Trinajstić information content (AvgIpc) is 3.05. The first-order chi connectivity index (χ1) is 13.5. The van der Waals surface area contributed by atoms with Crippen LogP contribution in [0, 0.1) is 20.8 Å². The second kappa shape index (κ2) is 7.19. The van der Waals surface area contributed by atoms with Crippen LogP contribution in [0.25, 0.3) is 5.65 Å². The Labute approximate surface area is 165 Å². The van der Waals surface area contributed by atoms with Gasteiger partial charge >= 0.3 is 0 Å². The molecule has 1 saturated heterocycles. The lowest BCUT2D eigenvalue weighted by molar-refractivity contribution is 0.0739. The van der Waals surface area contributed by atoms with Crippen molar-refractivity contribution in [1.29, 1.82) is 0 Å². The summed E-state index contributed by atoms with van der Waals surface area (Å²) in [6.07, 6.45) is 1.87. The molecule has 2 aromatic heterocycles. The normalized spacial score (nSPS) is 14.6. The number of benzene rings is 1. The van der Waals surface area contributed by atoms with Crippen molar-refractivity contribution in [3.63, 3.8) is 0 Å². The van der Waals surface area contributed by atoms with Gasteiger partial charge in [0.2, 0.25) is 0 Å². The van der Waals surface area contributed by atoms with E-state index in [9.17, 15) is 4.79 Å². The van der Waals surface area contributed by atoms with Crippen LogP contribution in [0.4, 0.5) is 5.69 Å². The van der Waals surface area contributed by atoms with Crippen LogP contribution in [0.1, 0.15) is 27.3 Å². The molecule has 0 bridgehead atoms. The van der Waals surface area contributed by atoms with E-state index < -0.39 is 0 Å². The monoisotopic (exact) mass is 378 g/mol. The van der Waals surface area contributed by atoms with Gasteiger partial charge in [-0.05, 0) is 50.1 Å². The van der Waals surface area contributed by atoms with Gasteiger partial charge in [-0.3, -0.25) is 9.20 Å². The van der Waals surface area contributed by atoms with Gasteiger partial charge in [0.15, 0.2) is 11.4 Å². The maximum atomic E-state index is 13.3. The summed E-state index contributed by atoms with van der Waals surface area (Å²) in [6, 6.07) is 10.1. The molecule has 0 unspecified atom stereocenters. The highest BCUT2D eigenvalue weighted by Crippen LogP contribution is 2.26. The van der Waals surface area contributed by atoms with E-state index >= 15 is 0 Å². The molecule has 0 spiro atoms. The fraction of sp³-hybridized carbons (Fsp3) is 0.364. The summed E-state index contributed by atoms with van der Waals surface area (Å²) in [7, 11) is 1.62. The van der Waals surface area contributed by atoms with Crippen molar-refractivity contribution in [2.75, 3.05) is 38.2 Å². The molecule has 1 aliphatic rings. The molecule has 0 aliphatic carbocycles. The Hall–Kier alpha value is -3.02. The Kier molecular flexibility index (Phi) is 4.71. The Balaban J connectivity index is 1.56. The molecule has 0 saturated carbocycles. The quantitative estimate of drug-likeness (QED) is 0.702. The number of hydrogen-bond donors (Lipinski definition) is 0. The van der Waals surface area contributed by atoms with Crippen LogP contribution in [0.3, 0.4) is 0 Å². The molecule has 6 heteroatoms. The molecule has 0 radical (unpaired) electrons. The van der Waals surface area contributed by atoms with Gasteiger partial charge in [-0.15, -0.1) is 0 Å². The number of imidazole rings is 1. The average molecular weight is 378 g/mol. The van der Waals surface area contributed by atoms with Crippen LogP contribution in [-0.2, 0) is 0 Å². The number of amides is 1. The zero-order valence-electron chi connectivity index (χ0n) is 16.9. The Morgan fingerprint density at radius 3 is 2.50 bits per heavy atom. The van der Waals surface area contributed by atoms with Gasteiger partial charge in [0.1, 0.15) is 5.69 Å². The lowest BCUT2D eigenvalue weighted by atomic mass is 10.1. The second-order valence-corrected chi connectivity index (χ2v) is 7.31. The Bertz CT molecular complexity index is 1030. The van der Waals surface area contributed by atoms with Gasteiger partial charge in [0.05, 0.1) is 12.8 Å². The lowest BCUT2D eigenvalue weighted by Gasteiger charge is -2.37. The van der Waals surface area contributed by atoms with E-state index in [0.29, 0.717) is 30.2 Å². The predicted molar refractivity (Wildman–Crippen MR) is 111 cm³/mol. The number of ether oxygens (including phenoxy) is 1. The molecular formula is C22H26N4O2. The number of pyridine rings is 1. The first-order valence-corrected chi connectivity index (χ1v) is 9.63. The Morgan fingerprint density at radius 2 is 1.79 bits per heavy atom. The molecule has 0 N–H and O–H groups in total. The van der Waals surface area contributed by atoms with Crippen LogP contribution in [-0.4, -0.2) is 53.5 Å². The predicted octanol–water partition coefficient (Wildman–Crippen LogP) is 3.23. The first-order valence-electron chi connectivity index (χ1n) is 9.63. The van der Waals surface area contributed by atoms with Crippen LogP contribution < -0.4 is 9.64 Å². The van der Waals surface area contributed by atoms with Crippen molar-refractivity contribution in [3.8, 4) is 5.75 Å². The SMILES string of the molecule is COc1cccn2c(C(=O)N3CCN(c4cccc(C)c4C)CC3)c(C)nc12. The van der Waals surface area contributed by atoms with Gasteiger partial charge in [-0.2, -0.15) is 0 Å². The molecule has 0 atom stereocenters. The fourth-order valence-corrected chi connectivity index (χ4v) is 3.95. The van der Waals surface area contributed by atoms with Gasteiger partial charge in [-0.1, -0.05) is 12.1 Å². The van der Waals surface area contributed by atoms with E-state index in [0.717, 1.165) is 18.8 Å². The highest BCUT2D eigenvalue weighted by molar-refractivity contribution is 5.95. The number of piperazine rings is 1. The van der Waals surface area contributed by atoms with Gasteiger partial charge in [0.25, 0.3) is 5.91 Å². The smallest absolute Gasteiger partial charge is 0.272 e. The van der Waals surface area contributed by atoms with Crippen LogP contribution in [0.5, 0.6) is 5.75 Å². The summed E-state index contributed by atoms with van der Waals surface area (Å²) in [4.78, 5) is 22.1. The number of hydrogen-bond acceptors (Lipinski definition) is 4. The second-order valence-electron chi connectivity index (χ2n) is 7.31.